The van der Waals surface area contributed by atoms with Crippen LogP contribution in [0.2, 0.25) is 0 Å². The lowest BCUT2D eigenvalue weighted by molar-refractivity contribution is -0.132. The Morgan fingerprint density at radius 3 is 2.44 bits per heavy atom. The summed E-state index contributed by atoms with van der Waals surface area (Å²) in [5.74, 6) is 1.82. The fraction of sp³-hybridized carbons (Fsp3) is 0.577. The third-order valence-corrected chi connectivity index (χ3v) is 6.92. The molecular weight excluding hydrogens is 400 g/mol. The molecule has 1 aromatic carbocycles. The second kappa shape index (κ2) is 10.3. The molecule has 6 heteroatoms. The zero-order chi connectivity index (χ0) is 22.5. The molecule has 2 aliphatic rings. The number of nitrogens with one attached hydrogen (secondary N) is 1. The van der Waals surface area contributed by atoms with Gasteiger partial charge in [0, 0.05) is 50.1 Å². The van der Waals surface area contributed by atoms with Crippen LogP contribution >= 0.6 is 0 Å². The van der Waals surface area contributed by atoms with Crippen LogP contribution in [0.5, 0.6) is 0 Å². The number of pyridine rings is 1. The maximum Gasteiger partial charge on any atom is 0.224 e. The summed E-state index contributed by atoms with van der Waals surface area (Å²) in [7, 11) is 0. The van der Waals surface area contributed by atoms with E-state index in [-0.39, 0.29) is 24.7 Å². The molecule has 2 aromatic rings. The zero-order valence-corrected chi connectivity index (χ0v) is 19.5. The smallest absolute Gasteiger partial charge is 0.224 e. The maximum atomic E-state index is 12.5. The molecule has 2 aliphatic heterocycles. The topological polar surface area (TPSA) is 65.5 Å². The van der Waals surface area contributed by atoms with Gasteiger partial charge >= 0.3 is 0 Å². The molecular formula is C26H36N4O2. The number of piperidine rings is 1. The third-order valence-electron chi connectivity index (χ3n) is 6.92. The normalized spacial score (nSPS) is 17.9. The quantitative estimate of drug-likeness (QED) is 0.724. The Morgan fingerprint density at radius 2 is 1.72 bits per heavy atom. The fourth-order valence-corrected chi connectivity index (χ4v) is 4.78. The summed E-state index contributed by atoms with van der Waals surface area (Å²) in [5, 5.41) is 4.02. The van der Waals surface area contributed by atoms with Gasteiger partial charge in [-0.05, 0) is 68.4 Å². The average Bonchev–Trinajstić information content (AvgIpc) is 3.08. The molecule has 4 rings (SSSR count). The van der Waals surface area contributed by atoms with Crippen LogP contribution in [0.4, 0.5) is 11.5 Å². The average molecular weight is 437 g/mol. The first-order valence-corrected chi connectivity index (χ1v) is 12.2. The number of carbonyl (C=O) groups is 2. The molecule has 2 fully saturated rings. The van der Waals surface area contributed by atoms with E-state index in [1.165, 1.54) is 25.7 Å². The van der Waals surface area contributed by atoms with Crippen LogP contribution in [-0.2, 0) is 9.59 Å². The molecule has 172 valence electrons. The molecule has 0 spiro atoms. The number of anilines is 2. The van der Waals surface area contributed by atoms with Gasteiger partial charge in [-0.3, -0.25) is 9.59 Å². The van der Waals surface area contributed by atoms with Gasteiger partial charge in [0.15, 0.2) is 0 Å². The van der Waals surface area contributed by atoms with Crippen LogP contribution < -0.4 is 10.2 Å². The number of hydrogen-bond acceptors (Lipinski definition) is 4. The van der Waals surface area contributed by atoms with Crippen molar-refractivity contribution in [2.24, 2.45) is 5.92 Å². The Morgan fingerprint density at radius 1 is 1.00 bits per heavy atom. The van der Waals surface area contributed by atoms with Crippen LogP contribution in [0, 0.1) is 12.8 Å². The predicted octanol–water partition coefficient (Wildman–Crippen LogP) is 4.90. The molecule has 6 nitrogen and oxygen atoms in total. The standard InChI is InChI=1S/C26H36N4O2/c1-19-11-15-29(16-12-19)24-17-20(2)22-18-21(7-8-23(22)28-24)27-25(31)9-10-26(32)30-13-5-3-4-6-14-30/h7-8,17-19H,3-6,9-16H2,1-2H3,(H,27,31). The van der Waals surface area contributed by atoms with E-state index in [1.807, 2.05) is 23.1 Å². The number of rotatable bonds is 5. The van der Waals surface area contributed by atoms with E-state index in [0.29, 0.717) is 0 Å². The molecule has 0 aliphatic carbocycles. The lowest BCUT2D eigenvalue weighted by atomic mass is 9.99. The molecule has 1 N–H and O–H groups in total. The molecule has 2 saturated heterocycles. The highest BCUT2D eigenvalue weighted by Crippen LogP contribution is 2.28. The van der Waals surface area contributed by atoms with Crippen LogP contribution in [-0.4, -0.2) is 47.9 Å². The minimum Gasteiger partial charge on any atom is -0.357 e. The molecule has 0 saturated carbocycles. The van der Waals surface area contributed by atoms with Gasteiger partial charge < -0.3 is 15.1 Å². The number of aryl methyl sites for hydroxylation is 1. The number of likely N-dealkylation sites (tertiary alicyclic amines) is 1. The van der Waals surface area contributed by atoms with Crippen molar-refractivity contribution in [3.8, 4) is 0 Å². The van der Waals surface area contributed by atoms with Crippen molar-refractivity contribution in [3.63, 3.8) is 0 Å². The van der Waals surface area contributed by atoms with E-state index in [0.717, 1.165) is 72.9 Å². The summed E-state index contributed by atoms with van der Waals surface area (Å²) in [4.78, 5) is 34.1. The summed E-state index contributed by atoms with van der Waals surface area (Å²) in [6.07, 6.45) is 7.45. The highest BCUT2D eigenvalue weighted by atomic mass is 16.2. The summed E-state index contributed by atoms with van der Waals surface area (Å²) in [6.45, 7) is 8.20. The Kier molecular flexibility index (Phi) is 7.28. The van der Waals surface area contributed by atoms with E-state index in [9.17, 15) is 9.59 Å². The van der Waals surface area contributed by atoms with Crippen molar-refractivity contribution in [2.75, 3.05) is 36.4 Å². The summed E-state index contributed by atoms with van der Waals surface area (Å²) >= 11 is 0. The van der Waals surface area contributed by atoms with Crippen molar-refractivity contribution < 1.29 is 9.59 Å². The minimum atomic E-state index is -0.114. The number of aromatic nitrogens is 1. The first-order chi connectivity index (χ1) is 15.5. The molecule has 0 radical (unpaired) electrons. The molecule has 3 heterocycles. The Balaban J connectivity index is 1.37. The zero-order valence-electron chi connectivity index (χ0n) is 19.5. The highest BCUT2D eigenvalue weighted by molar-refractivity contribution is 5.96. The van der Waals surface area contributed by atoms with E-state index < -0.39 is 0 Å². The molecule has 1 aromatic heterocycles. The van der Waals surface area contributed by atoms with E-state index in [4.69, 9.17) is 4.98 Å². The first-order valence-electron chi connectivity index (χ1n) is 12.2. The van der Waals surface area contributed by atoms with Gasteiger partial charge in [-0.25, -0.2) is 4.98 Å². The number of nitrogens with zero attached hydrogens (tertiary/aromatic N) is 3. The van der Waals surface area contributed by atoms with Crippen LogP contribution in [0.3, 0.4) is 0 Å². The van der Waals surface area contributed by atoms with Crippen LogP contribution in [0.1, 0.15) is 63.9 Å². The number of fused-ring (bicyclic) bond motifs is 1. The van der Waals surface area contributed by atoms with Crippen LogP contribution in [0.25, 0.3) is 10.9 Å². The number of benzene rings is 1. The summed E-state index contributed by atoms with van der Waals surface area (Å²) in [6, 6.07) is 8.04. The molecule has 2 amide bonds. The van der Waals surface area contributed by atoms with Crippen molar-refractivity contribution in [1.29, 1.82) is 0 Å². The minimum absolute atomic E-state index is 0.0974. The van der Waals surface area contributed by atoms with Crippen molar-refractivity contribution in [2.45, 2.75) is 65.2 Å². The van der Waals surface area contributed by atoms with Gasteiger partial charge in [0.05, 0.1) is 5.52 Å². The van der Waals surface area contributed by atoms with Gasteiger partial charge in [0.25, 0.3) is 0 Å². The summed E-state index contributed by atoms with van der Waals surface area (Å²) < 4.78 is 0. The maximum absolute atomic E-state index is 12.5. The van der Waals surface area contributed by atoms with Gasteiger partial charge in [-0.15, -0.1) is 0 Å². The van der Waals surface area contributed by atoms with Crippen molar-refractivity contribution in [3.05, 3.63) is 29.8 Å². The van der Waals surface area contributed by atoms with Gasteiger partial charge in [0.1, 0.15) is 5.82 Å². The fourth-order valence-electron chi connectivity index (χ4n) is 4.78. The van der Waals surface area contributed by atoms with E-state index in [2.05, 4.69) is 30.1 Å². The number of hydrogen-bond donors (Lipinski definition) is 1. The Hall–Kier alpha value is -2.63. The number of carbonyl (C=O) groups excluding carboxylic acids is 2. The second-order valence-electron chi connectivity index (χ2n) is 9.54. The first kappa shape index (κ1) is 22.6. The number of amides is 2. The second-order valence-corrected chi connectivity index (χ2v) is 9.54. The van der Waals surface area contributed by atoms with Crippen molar-refractivity contribution >= 4 is 34.2 Å². The lowest BCUT2D eigenvalue weighted by Crippen LogP contribution is -2.33. The predicted molar refractivity (Wildman–Crippen MR) is 130 cm³/mol. The molecule has 0 atom stereocenters. The van der Waals surface area contributed by atoms with E-state index in [1.54, 1.807) is 0 Å². The van der Waals surface area contributed by atoms with E-state index >= 15 is 0 Å². The largest absolute Gasteiger partial charge is 0.357 e. The molecule has 32 heavy (non-hydrogen) atoms. The van der Waals surface area contributed by atoms with Crippen LogP contribution in [0.15, 0.2) is 24.3 Å². The lowest BCUT2D eigenvalue weighted by Gasteiger charge is -2.31. The Labute approximate surface area is 191 Å². The monoisotopic (exact) mass is 436 g/mol. The summed E-state index contributed by atoms with van der Waals surface area (Å²) in [5.41, 5.74) is 2.87. The molecule has 0 bridgehead atoms. The van der Waals surface area contributed by atoms with Gasteiger partial charge in [-0.1, -0.05) is 19.8 Å². The van der Waals surface area contributed by atoms with Gasteiger partial charge in [-0.2, -0.15) is 0 Å². The van der Waals surface area contributed by atoms with Crippen molar-refractivity contribution in [1.82, 2.24) is 9.88 Å². The third kappa shape index (κ3) is 5.59. The highest BCUT2D eigenvalue weighted by Gasteiger charge is 2.19. The van der Waals surface area contributed by atoms with Gasteiger partial charge in [0.2, 0.25) is 11.8 Å². The Bertz CT molecular complexity index is 958. The SMILES string of the molecule is Cc1cc(N2CCC(C)CC2)nc2ccc(NC(=O)CCC(=O)N3CCCCCC3)cc12. The molecule has 0 unspecified atom stereocenters.